The maximum Gasteiger partial charge on any atom is 0.0409 e. The van der Waals surface area contributed by atoms with E-state index in [0.29, 0.717) is 5.41 Å². The third kappa shape index (κ3) is 2.28. The van der Waals surface area contributed by atoms with E-state index < -0.39 is 0 Å². The topological polar surface area (TPSA) is 3.24 Å². The fourth-order valence-corrected chi connectivity index (χ4v) is 2.38. The van der Waals surface area contributed by atoms with Crippen LogP contribution in [0, 0.1) is 5.41 Å². The molecule has 0 N–H and O–H groups in total. The van der Waals surface area contributed by atoms with Crippen molar-refractivity contribution in [3.05, 3.63) is 34.9 Å². The lowest BCUT2D eigenvalue weighted by molar-refractivity contribution is 0.0242. The Bertz CT molecular complexity index is 325. The molecule has 2 rings (SSSR count). The van der Waals surface area contributed by atoms with E-state index in [2.05, 4.69) is 24.8 Å². The molecule has 0 atom stereocenters. The number of rotatable bonds is 2. The van der Waals surface area contributed by atoms with Gasteiger partial charge < -0.3 is 0 Å². The van der Waals surface area contributed by atoms with Crippen molar-refractivity contribution in [2.75, 3.05) is 13.1 Å². The zero-order valence-corrected chi connectivity index (χ0v) is 9.51. The first-order chi connectivity index (χ1) is 6.55. The van der Waals surface area contributed by atoms with Gasteiger partial charge in [-0.3, -0.25) is 4.90 Å². The Morgan fingerprint density at radius 1 is 1.36 bits per heavy atom. The number of likely N-dealkylation sites (tertiary alicyclic amines) is 1. The number of hydrogen-bond donors (Lipinski definition) is 0. The van der Waals surface area contributed by atoms with Gasteiger partial charge in [0.05, 0.1) is 0 Å². The maximum absolute atomic E-state index is 5.93. The highest BCUT2D eigenvalue weighted by Gasteiger charge is 2.33. The van der Waals surface area contributed by atoms with Crippen molar-refractivity contribution in [3.63, 3.8) is 0 Å². The summed E-state index contributed by atoms with van der Waals surface area (Å²) in [5.74, 6) is 0. The summed E-state index contributed by atoms with van der Waals surface area (Å²) in [4.78, 5) is 2.45. The average Bonchev–Trinajstić information content (AvgIpc) is 2.00. The molecule has 2 heteroatoms. The number of nitrogens with zero attached hydrogens (tertiary/aromatic N) is 1. The van der Waals surface area contributed by atoms with Crippen molar-refractivity contribution >= 4 is 11.6 Å². The predicted octanol–water partition coefficient (Wildman–Crippen LogP) is 3.18. The van der Waals surface area contributed by atoms with Crippen LogP contribution >= 0.6 is 11.6 Å². The van der Waals surface area contributed by atoms with Gasteiger partial charge in [-0.25, -0.2) is 0 Å². The lowest BCUT2D eigenvalue weighted by atomic mass is 9.84. The van der Waals surface area contributed by atoms with Gasteiger partial charge in [-0.15, -0.1) is 0 Å². The second-order valence-corrected chi connectivity index (χ2v) is 5.38. The van der Waals surface area contributed by atoms with Crippen molar-refractivity contribution < 1.29 is 0 Å². The smallest absolute Gasteiger partial charge is 0.0409 e. The second kappa shape index (κ2) is 3.56. The predicted molar refractivity (Wildman–Crippen MR) is 60.5 cm³/mol. The van der Waals surface area contributed by atoms with Crippen LogP contribution in [0.5, 0.6) is 0 Å². The fraction of sp³-hybridized carbons (Fsp3) is 0.500. The van der Waals surface area contributed by atoms with Crippen LogP contribution in [0.2, 0.25) is 5.02 Å². The van der Waals surface area contributed by atoms with E-state index in [1.807, 2.05) is 18.2 Å². The summed E-state index contributed by atoms with van der Waals surface area (Å²) in [7, 11) is 0. The van der Waals surface area contributed by atoms with Crippen LogP contribution in [-0.2, 0) is 6.54 Å². The molecule has 0 saturated carbocycles. The van der Waals surface area contributed by atoms with Crippen molar-refractivity contribution in [2.24, 2.45) is 5.41 Å². The highest BCUT2D eigenvalue weighted by Crippen LogP contribution is 2.30. The Morgan fingerprint density at radius 2 is 2.07 bits per heavy atom. The summed E-state index contributed by atoms with van der Waals surface area (Å²) < 4.78 is 0. The summed E-state index contributed by atoms with van der Waals surface area (Å²) in [5.41, 5.74) is 1.83. The summed E-state index contributed by atoms with van der Waals surface area (Å²) in [5, 5.41) is 0.835. The van der Waals surface area contributed by atoms with E-state index in [1.54, 1.807) is 0 Å². The number of halogens is 1. The van der Waals surface area contributed by atoms with Crippen molar-refractivity contribution in [1.82, 2.24) is 4.90 Å². The largest absolute Gasteiger partial charge is 0.298 e. The molecule has 0 radical (unpaired) electrons. The lowest BCUT2D eigenvalue weighted by Crippen LogP contribution is -2.52. The van der Waals surface area contributed by atoms with Gasteiger partial charge in [-0.05, 0) is 23.1 Å². The Labute approximate surface area is 90.7 Å². The Morgan fingerprint density at radius 3 is 2.64 bits per heavy atom. The van der Waals surface area contributed by atoms with Gasteiger partial charge >= 0.3 is 0 Å². The molecule has 1 nitrogen and oxygen atoms in total. The standard InChI is InChI=1S/C12H16ClN/c1-12(2)8-14(9-12)7-10-4-3-5-11(13)6-10/h3-6H,7-9H2,1-2H3. The van der Waals surface area contributed by atoms with Gasteiger partial charge in [-0.1, -0.05) is 37.6 Å². The van der Waals surface area contributed by atoms with Crippen molar-refractivity contribution in [2.45, 2.75) is 20.4 Å². The maximum atomic E-state index is 5.93. The van der Waals surface area contributed by atoms with Crippen molar-refractivity contribution in [3.8, 4) is 0 Å². The zero-order chi connectivity index (χ0) is 10.2. The SMILES string of the molecule is CC1(C)CN(Cc2cccc(Cl)c2)C1. The van der Waals surface area contributed by atoms with Crippen LogP contribution in [0.3, 0.4) is 0 Å². The number of benzene rings is 1. The quantitative estimate of drug-likeness (QED) is 0.723. The van der Waals surface area contributed by atoms with Crippen LogP contribution in [0.4, 0.5) is 0 Å². The molecule has 1 aliphatic heterocycles. The van der Waals surface area contributed by atoms with E-state index in [4.69, 9.17) is 11.6 Å². The first kappa shape index (κ1) is 10.0. The van der Waals surface area contributed by atoms with Crippen LogP contribution < -0.4 is 0 Å². The molecule has 1 aliphatic rings. The van der Waals surface area contributed by atoms with Gasteiger partial charge in [0, 0.05) is 24.7 Å². The molecule has 0 spiro atoms. The highest BCUT2D eigenvalue weighted by molar-refractivity contribution is 6.30. The third-order valence-corrected chi connectivity index (χ3v) is 2.83. The summed E-state index contributed by atoms with van der Waals surface area (Å²) in [6, 6.07) is 8.12. The summed E-state index contributed by atoms with van der Waals surface area (Å²) in [6.07, 6.45) is 0. The lowest BCUT2D eigenvalue weighted by Gasteiger charge is -2.46. The molecular weight excluding hydrogens is 194 g/mol. The van der Waals surface area contributed by atoms with E-state index in [0.717, 1.165) is 11.6 Å². The second-order valence-electron chi connectivity index (χ2n) is 4.94. The van der Waals surface area contributed by atoms with Gasteiger partial charge in [0.25, 0.3) is 0 Å². The van der Waals surface area contributed by atoms with Gasteiger partial charge in [0.2, 0.25) is 0 Å². The molecule has 0 aliphatic carbocycles. The minimum absolute atomic E-state index is 0.512. The molecule has 1 saturated heterocycles. The molecule has 1 aromatic rings. The zero-order valence-electron chi connectivity index (χ0n) is 8.76. The monoisotopic (exact) mass is 209 g/mol. The molecule has 0 aromatic heterocycles. The molecule has 0 amide bonds. The minimum Gasteiger partial charge on any atom is -0.298 e. The van der Waals surface area contributed by atoms with E-state index in [9.17, 15) is 0 Å². The molecule has 1 heterocycles. The number of hydrogen-bond acceptors (Lipinski definition) is 1. The average molecular weight is 210 g/mol. The summed E-state index contributed by atoms with van der Waals surface area (Å²) in [6.45, 7) is 8.03. The normalized spacial score (nSPS) is 20.5. The molecule has 1 aromatic carbocycles. The molecular formula is C12H16ClN. The molecule has 14 heavy (non-hydrogen) atoms. The first-order valence-corrected chi connectivity index (χ1v) is 5.40. The first-order valence-electron chi connectivity index (χ1n) is 5.02. The molecule has 0 bridgehead atoms. The van der Waals surface area contributed by atoms with Crippen LogP contribution in [0.25, 0.3) is 0 Å². The van der Waals surface area contributed by atoms with E-state index in [-0.39, 0.29) is 0 Å². The minimum atomic E-state index is 0.512. The highest BCUT2D eigenvalue weighted by atomic mass is 35.5. The third-order valence-electron chi connectivity index (χ3n) is 2.60. The Hall–Kier alpha value is -0.530. The van der Waals surface area contributed by atoms with Gasteiger partial charge in [0.1, 0.15) is 0 Å². The molecule has 1 fully saturated rings. The van der Waals surface area contributed by atoms with Gasteiger partial charge in [-0.2, -0.15) is 0 Å². The van der Waals surface area contributed by atoms with Crippen LogP contribution in [-0.4, -0.2) is 18.0 Å². The van der Waals surface area contributed by atoms with Crippen LogP contribution in [0.1, 0.15) is 19.4 Å². The van der Waals surface area contributed by atoms with Crippen LogP contribution in [0.15, 0.2) is 24.3 Å². The summed E-state index contributed by atoms with van der Waals surface area (Å²) >= 11 is 5.93. The van der Waals surface area contributed by atoms with Crippen molar-refractivity contribution in [1.29, 1.82) is 0 Å². The van der Waals surface area contributed by atoms with E-state index in [1.165, 1.54) is 18.7 Å². The Balaban J connectivity index is 1.93. The molecule has 76 valence electrons. The Kier molecular flexibility index (Phi) is 2.54. The fourth-order valence-electron chi connectivity index (χ4n) is 2.17. The molecule has 0 unspecified atom stereocenters. The van der Waals surface area contributed by atoms with Gasteiger partial charge in [0.15, 0.2) is 0 Å². The van der Waals surface area contributed by atoms with E-state index >= 15 is 0 Å².